The molecule has 0 unspecified atom stereocenters. The van der Waals surface area contributed by atoms with Crippen molar-refractivity contribution in [2.75, 3.05) is 0 Å². The summed E-state index contributed by atoms with van der Waals surface area (Å²) in [6.45, 7) is 0. The lowest BCUT2D eigenvalue weighted by Crippen LogP contribution is -2.01. The Morgan fingerprint density at radius 1 is 0.548 bits per heavy atom. The molecule has 4 aromatic carbocycles. The molecular formula is C27H18Cl2N2. The SMILES string of the molecule is Clc1ccccc1-c1nc(-c2ccccc2)c(-c2ccccc2)n1-c1ccccc1Cl. The zero-order valence-corrected chi connectivity index (χ0v) is 18.1. The van der Waals surface area contributed by atoms with E-state index in [-0.39, 0.29) is 0 Å². The Balaban J connectivity index is 1.93. The summed E-state index contributed by atoms with van der Waals surface area (Å²) >= 11 is 13.3. The molecular weight excluding hydrogens is 423 g/mol. The first kappa shape index (κ1) is 19.6. The van der Waals surface area contributed by atoms with Crippen LogP contribution in [0.4, 0.5) is 0 Å². The summed E-state index contributed by atoms with van der Waals surface area (Å²) in [4.78, 5) is 5.13. The highest BCUT2D eigenvalue weighted by Crippen LogP contribution is 2.41. The van der Waals surface area contributed by atoms with E-state index in [1.54, 1.807) is 0 Å². The van der Waals surface area contributed by atoms with Gasteiger partial charge in [-0.1, -0.05) is 108 Å². The summed E-state index contributed by atoms with van der Waals surface area (Å²) in [5.74, 6) is 0.747. The van der Waals surface area contributed by atoms with Crippen molar-refractivity contribution in [3.63, 3.8) is 0 Å². The average Bonchev–Trinajstić information content (AvgIpc) is 3.21. The number of rotatable bonds is 4. The predicted molar refractivity (Wildman–Crippen MR) is 130 cm³/mol. The van der Waals surface area contributed by atoms with Crippen molar-refractivity contribution in [1.29, 1.82) is 0 Å². The summed E-state index contributed by atoms with van der Waals surface area (Å²) < 4.78 is 2.11. The van der Waals surface area contributed by atoms with E-state index in [0.717, 1.165) is 39.6 Å². The summed E-state index contributed by atoms with van der Waals surface area (Å²) in [7, 11) is 0. The molecule has 2 nitrogen and oxygen atoms in total. The van der Waals surface area contributed by atoms with Crippen molar-refractivity contribution in [1.82, 2.24) is 9.55 Å². The lowest BCUT2D eigenvalue weighted by atomic mass is 10.0. The van der Waals surface area contributed by atoms with E-state index in [2.05, 4.69) is 28.8 Å². The topological polar surface area (TPSA) is 17.8 Å². The summed E-state index contributed by atoms with van der Waals surface area (Å²) in [6.07, 6.45) is 0. The van der Waals surface area contributed by atoms with Gasteiger partial charge in [-0.25, -0.2) is 4.98 Å². The standard InChI is InChI=1S/C27H18Cl2N2/c28-22-16-8-7-15-21(22)27-30-25(19-11-3-1-4-12-19)26(20-13-5-2-6-14-20)31(27)24-18-10-9-17-23(24)29/h1-18H. The van der Waals surface area contributed by atoms with Crippen LogP contribution in [0.5, 0.6) is 0 Å². The number of para-hydroxylation sites is 1. The number of imidazole rings is 1. The Hall–Kier alpha value is -3.33. The fourth-order valence-corrected chi connectivity index (χ4v) is 4.21. The Kier molecular flexibility index (Phi) is 5.33. The molecule has 5 aromatic rings. The van der Waals surface area contributed by atoms with E-state index >= 15 is 0 Å². The van der Waals surface area contributed by atoms with Crippen LogP contribution >= 0.6 is 23.2 Å². The van der Waals surface area contributed by atoms with Gasteiger partial charge in [0.1, 0.15) is 5.82 Å². The van der Waals surface area contributed by atoms with Crippen molar-refractivity contribution < 1.29 is 0 Å². The van der Waals surface area contributed by atoms with Gasteiger partial charge in [-0.3, -0.25) is 4.57 Å². The number of nitrogens with zero attached hydrogens (tertiary/aromatic N) is 2. The average molecular weight is 441 g/mol. The van der Waals surface area contributed by atoms with Crippen LogP contribution in [-0.2, 0) is 0 Å². The molecule has 0 radical (unpaired) electrons. The minimum atomic E-state index is 0.639. The maximum atomic E-state index is 6.69. The van der Waals surface area contributed by atoms with Crippen LogP contribution in [0.3, 0.4) is 0 Å². The van der Waals surface area contributed by atoms with Gasteiger partial charge in [0.25, 0.3) is 0 Å². The highest BCUT2D eigenvalue weighted by Gasteiger charge is 2.24. The quantitative estimate of drug-likeness (QED) is 0.275. The smallest absolute Gasteiger partial charge is 0.147 e. The maximum Gasteiger partial charge on any atom is 0.147 e. The number of hydrogen-bond donors (Lipinski definition) is 0. The first-order chi connectivity index (χ1) is 15.2. The van der Waals surface area contributed by atoms with Crippen molar-refractivity contribution in [3.8, 4) is 39.6 Å². The number of hydrogen-bond acceptors (Lipinski definition) is 1. The molecule has 0 aliphatic rings. The molecule has 0 N–H and O–H groups in total. The third kappa shape index (κ3) is 3.65. The van der Waals surface area contributed by atoms with Gasteiger partial charge in [0.15, 0.2) is 0 Å². The molecule has 150 valence electrons. The van der Waals surface area contributed by atoms with Crippen molar-refractivity contribution in [3.05, 3.63) is 119 Å². The minimum Gasteiger partial charge on any atom is -0.290 e. The molecule has 0 saturated carbocycles. The molecule has 31 heavy (non-hydrogen) atoms. The molecule has 0 bridgehead atoms. The van der Waals surface area contributed by atoms with Gasteiger partial charge in [0, 0.05) is 16.7 Å². The highest BCUT2D eigenvalue weighted by atomic mass is 35.5. The Morgan fingerprint density at radius 3 is 1.74 bits per heavy atom. The van der Waals surface area contributed by atoms with Crippen molar-refractivity contribution in [2.24, 2.45) is 0 Å². The monoisotopic (exact) mass is 440 g/mol. The van der Waals surface area contributed by atoms with E-state index < -0.39 is 0 Å². The van der Waals surface area contributed by atoms with Gasteiger partial charge < -0.3 is 0 Å². The zero-order chi connectivity index (χ0) is 21.2. The normalized spacial score (nSPS) is 10.9. The van der Waals surface area contributed by atoms with Gasteiger partial charge in [-0.15, -0.1) is 0 Å². The van der Waals surface area contributed by atoms with Gasteiger partial charge >= 0.3 is 0 Å². The van der Waals surface area contributed by atoms with Crippen LogP contribution in [0.15, 0.2) is 109 Å². The molecule has 0 aliphatic heterocycles. The Labute approximate surface area is 191 Å². The molecule has 5 rings (SSSR count). The van der Waals surface area contributed by atoms with E-state index in [0.29, 0.717) is 10.0 Å². The first-order valence-electron chi connectivity index (χ1n) is 9.97. The van der Waals surface area contributed by atoms with Crippen molar-refractivity contribution >= 4 is 23.2 Å². The highest BCUT2D eigenvalue weighted by molar-refractivity contribution is 6.33. The summed E-state index contributed by atoms with van der Waals surface area (Å²) in [5, 5.41) is 1.28. The summed E-state index contributed by atoms with van der Waals surface area (Å²) in [6, 6.07) is 36.0. The number of benzene rings is 4. The molecule has 0 atom stereocenters. The first-order valence-corrected chi connectivity index (χ1v) is 10.7. The van der Waals surface area contributed by atoms with Gasteiger partial charge in [-0.05, 0) is 24.3 Å². The minimum absolute atomic E-state index is 0.639. The van der Waals surface area contributed by atoms with Gasteiger partial charge in [0.2, 0.25) is 0 Å². The fourth-order valence-electron chi connectivity index (χ4n) is 3.77. The molecule has 0 saturated heterocycles. The second-order valence-corrected chi connectivity index (χ2v) is 7.95. The van der Waals surface area contributed by atoms with Crippen molar-refractivity contribution in [2.45, 2.75) is 0 Å². The molecule has 0 spiro atoms. The lowest BCUT2D eigenvalue weighted by Gasteiger charge is -2.15. The number of halogens is 2. The van der Waals surface area contributed by atoms with Crippen LogP contribution < -0.4 is 0 Å². The summed E-state index contributed by atoms with van der Waals surface area (Å²) in [5.41, 5.74) is 5.63. The van der Waals surface area contributed by atoms with Crippen LogP contribution in [0.2, 0.25) is 10.0 Å². The van der Waals surface area contributed by atoms with Crippen LogP contribution in [0.1, 0.15) is 0 Å². The molecule has 0 amide bonds. The second-order valence-electron chi connectivity index (χ2n) is 7.13. The van der Waals surface area contributed by atoms with Gasteiger partial charge in [-0.2, -0.15) is 0 Å². The van der Waals surface area contributed by atoms with Crippen LogP contribution in [0.25, 0.3) is 39.6 Å². The molecule has 4 heteroatoms. The van der Waals surface area contributed by atoms with E-state index in [1.807, 2.05) is 84.9 Å². The van der Waals surface area contributed by atoms with Crippen LogP contribution in [-0.4, -0.2) is 9.55 Å². The Bertz CT molecular complexity index is 1340. The largest absolute Gasteiger partial charge is 0.290 e. The van der Waals surface area contributed by atoms with E-state index in [9.17, 15) is 0 Å². The third-order valence-corrected chi connectivity index (χ3v) is 5.83. The zero-order valence-electron chi connectivity index (χ0n) is 16.5. The fraction of sp³-hybridized carbons (Fsp3) is 0. The van der Waals surface area contributed by atoms with Crippen LogP contribution in [0, 0.1) is 0 Å². The predicted octanol–water partition coefficient (Wildman–Crippen LogP) is 8.18. The molecule has 1 heterocycles. The van der Waals surface area contributed by atoms with Gasteiger partial charge in [0.05, 0.1) is 27.1 Å². The third-order valence-electron chi connectivity index (χ3n) is 5.18. The van der Waals surface area contributed by atoms with E-state index in [4.69, 9.17) is 28.2 Å². The Morgan fingerprint density at radius 2 is 1.10 bits per heavy atom. The maximum absolute atomic E-state index is 6.69. The molecule has 0 fully saturated rings. The number of aromatic nitrogens is 2. The van der Waals surface area contributed by atoms with E-state index in [1.165, 1.54) is 0 Å². The second kappa shape index (κ2) is 8.43. The lowest BCUT2D eigenvalue weighted by molar-refractivity contribution is 1.07. The molecule has 1 aromatic heterocycles. The molecule has 0 aliphatic carbocycles.